The Hall–Kier alpha value is -3.58. The number of benzene rings is 2. The molecule has 0 saturated carbocycles. The standard InChI is InChI=1S/C24H22ClNO6/c1-5-6-20(27)32-24(3,23(29)30)21-14(2)26(19-12-11-17(31-4)13-18(19)21)22(28)15-7-9-16(25)10-8-15/h5-13H,1-4H3,(H,29,30)/b6-5+. The van der Waals surface area contributed by atoms with E-state index in [0.29, 0.717) is 32.9 Å². The van der Waals surface area contributed by atoms with Gasteiger partial charge >= 0.3 is 11.9 Å². The van der Waals surface area contributed by atoms with E-state index in [4.69, 9.17) is 21.1 Å². The van der Waals surface area contributed by atoms with Crippen molar-refractivity contribution in [3.05, 3.63) is 76.5 Å². The molecule has 0 spiro atoms. The largest absolute Gasteiger partial charge is 0.497 e. The Balaban J connectivity index is 2.33. The van der Waals surface area contributed by atoms with Crippen LogP contribution in [-0.4, -0.2) is 34.6 Å². The van der Waals surface area contributed by atoms with Crippen molar-refractivity contribution >= 4 is 40.3 Å². The van der Waals surface area contributed by atoms with Gasteiger partial charge in [-0.1, -0.05) is 17.7 Å². The van der Waals surface area contributed by atoms with E-state index in [1.165, 1.54) is 24.7 Å². The number of hydrogen-bond acceptors (Lipinski definition) is 5. The molecule has 0 aliphatic rings. The number of carboxylic acid groups (broad SMARTS) is 1. The number of halogens is 1. The minimum atomic E-state index is -2.06. The lowest BCUT2D eigenvalue weighted by molar-refractivity contribution is -0.174. The van der Waals surface area contributed by atoms with Gasteiger partial charge in [0.2, 0.25) is 5.60 Å². The molecule has 1 atom stereocenters. The van der Waals surface area contributed by atoms with E-state index in [2.05, 4.69) is 0 Å². The van der Waals surface area contributed by atoms with Crippen LogP contribution >= 0.6 is 11.6 Å². The lowest BCUT2D eigenvalue weighted by atomic mass is 9.92. The first-order valence-corrected chi connectivity index (χ1v) is 10.1. The summed E-state index contributed by atoms with van der Waals surface area (Å²) in [6.07, 6.45) is 2.59. The first-order valence-electron chi connectivity index (χ1n) is 9.73. The van der Waals surface area contributed by atoms with Gasteiger partial charge in [-0.25, -0.2) is 9.59 Å². The molecule has 0 fully saturated rings. The molecule has 2 aromatic carbocycles. The molecular formula is C24H22ClNO6. The number of carboxylic acids is 1. The lowest BCUT2D eigenvalue weighted by Gasteiger charge is -2.25. The molecule has 32 heavy (non-hydrogen) atoms. The number of ether oxygens (including phenoxy) is 2. The smallest absolute Gasteiger partial charge is 0.352 e. The molecule has 0 aliphatic carbocycles. The highest BCUT2D eigenvalue weighted by Gasteiger charge is 2.44. The molecule has 1 aromatic heterocycles. The summed E-state index contributed by atoms with van der Waals surface area (Å²) in [7, 11) is 1.48. The molecule has 3 aromatic rings. The fourth-order valence-electron chi connectivity index (χ4n) is 3.68. The fourth-order valence-corrected chi connectivity index (χ4v) is 3.81. The highest BCUT2D eigenvalue weighted by molar-refractivity contribution is 6.30. The van der Waals surface area contributed by atoms with Gasteiger partial charge in [-0.2, -0.15) is 0 Å². The SMILES string of the molecule is C/C=C/C(=O)OC(C)(C(=O)O)c1c(C)n(C(=O)c2ccc(Cl)cc2)c2ccc(OC)cc12. The number of nitrogens with zero attached hydrogens (tertiary/aromatic N) is 1. The molecule has 1 unspecified atom stereocenters. The summed E-state index contributed by atoms with van der Waals surface area (Å²) in [6, 6.07) is 11.3. The van der Waals surface area contributed by atoms with Gasteiger partial charge in [0.05, 0.1) is 12.6 Å². The zero-order chi connectivity index (χ0) is 23.6. The number of esters is 1. The number of carbonyl (C=O) groups excluding carboxylic acids is 2. The Morgan fingerprint density at radius 2 is 1.78 bits per heavy atom. The van der Waals surface area contributed by atoms with Crippen LogP contribution in [-0.2, 0) is 19.9 Å². The molecule has 1 heterocycles. The number of carbonyl (C=O) groups is 3. The van der Waals surface area contributed by atoms with Gasteiger partial charge in [0.15, 0.2) is 0 Å². The molecule has 0 amide bonds. The Morgan fingerprint density at radius 3 is 2.34 bits per heavy atom. The van der Waals surface area contributed by atoms with Gasteiger partial charge in [-0.3, -0.25) is 9.36 Å². The zero-order valence-electron chi connectivity index (χ0n) is 18.0. The van der Waals surface area contributed by atoms with Crippen LogP contribution < -0.4 is 4.74 Å². The van der Waals surface area contributed by atoms with E-state index >= 15 is 0 Å². The van der Waals surface area contributed by atoms with Crippen LogP contribution in [0.4, 0.5) is 0 Å². The van der Waals surface area contributed by atoms with Gasteiger partial charge in [0.25, 0.3) is 5.91 Å². The number of aromatic nitrogens is 1. The fraction of sp³-hybridized carbons (Fsp3) is 0.208. The van der Waals surface area contributed by atoms with Gasteiger partial charge < -0.3 is 14.6 Å². The second-order valence-electron chi connectivity index (χ2n) is 7.25. The highest BCUT2D eigenvalue weighted by Crippen LogP contribution is 2.39. The number of rotatable bonds is 6. The van der Waals surface area contributed by atoms with E-state index in [-0.39, 0.29) is 11.5 Å². The molecule has 3 rings (SSSR count). The van der Waals surface area contributed by atoms with Crippen molar-refractivity contribution in [2.45, 2.75) is 26.4 Å². The van der Waals surface area contributed by atoms with Crippen LogP contribution in [0.2, 0.25) is 5.02 Å². The summed E-state index contributed by atoms with van der Waals surface area (Å²) in [5, 5.41) is 11.0. The van der Waals surface area contributed by atoms with Crippen LogP contribution in [0.25, 0.3) is 10.9 Å². The second-order valence-corrected chi connectivity index (χ2v) is 7.69. The van der Waals surface area contributed by atoms with E-state index in [0.717, 1.165) is 6.08 Å². The molecule has 7 nitrogen and oxygen atoms in total. The highest BCUT2D eigenvalue weighted by atomic mass is 35.5. The van der Waals surface area contributed by atoms with Gasteiger partial charge in [-0.05, 0) is 63.2 Å². The normalized spacial score (nSPS) is 13.2. The Bertz CT molecular complexity index is 1240. The molecule has 166 valence electrons. The van der Waals surface area contributed by atoms with Crippen LogP contribution in [0.5, 0.6) is 5.75 Å². The Kier molecular flexibility index (Phi) is 6.41. The van der Waals surface area contributed by atoms with Gasteiger partial charge in [0, 0.05) is 33.3 Å². The predicted molar refractivity (Wildman–Crippen MR) is 120 cm³/mol. The second kappa shape index (κ2) is 8.88. The average molecular weight is 456 g/mol. The van der Waals surface area contributed by atoms with E-state index in [1.807, 2.05) is 0 Å². The summed E-state index contributed by atoms with van der Waals surface area (Å²) in [5.41, 5.74) is -0.741. The Labute approximate surface area is 189 Å². The van der Waals surface area contributed by atoms with E-state index in [9.17, 15) is 19.5 Å². The summed E-state index contributed by atoms with van der Waals surface area (Å²) < 4.78 is 12.1. The van der Waals surface area contributed by atoms with Crippen molar-refractivity contribution in [1.82, 2.24) is 4.57 Å². The van der Waals surface area contributed by atoms with Crippen molar-refractivity contribution in [2.24, 2.45) is 0 Å². The number of methoxy groups -OCH3 is 1. The number of hydrogen-bond donors (Lipinski definition) is 1. The molecule has 8 heteroatoms. The van der Waals surface area contributed by atoms with Crippen LogP contribution in [0, 0.1) is 6.92 Å². The summed E-state index contributed by atoms with van der Waals surface area (Å²) in [4.78, 5) is 38.0. The summed E-state index contributed by atoms with van der Waals surface area (Å²) in [5.74, 6) is -2.11. The molecule has 1 N–H and O–H groups in total. The maximum absolute atomic E-state index is 13.4. The van der Waals surface area contributed by atoms with Crippen molar-refractivity contribution in [1.29, 1.82) is 0 Å². The summed E-state index contributed by atoms with van der Waals surface area (Å²) in [6.45, 7) is 4.52. The molecule has 0 radical (unpaired) electrons. The number of allylic oxidation sites excluding steroid dienone is 1. The quantitative estimate of drug-likeness (QED) is 0.427. The monoisotopic (exact) mass is 455 g/mol. The average Bonchev–Trinajstić information content (AvgIpc) is 3.04. The molecule has 0 saturated heterocycles. The number of fused-ring (bicyclic) bond motifs is 1. The first-order chi connectivity index (χ1) is 15.1. The van der Waals surface area contributed by atoms with Crippen LogP contribution in [0.15, 0.2) is 54.6 Å². The minimum absolute atomic E-state index is 0.180. The van der Waals surface area contributed by atoms with Crippen LogP contribution in [0.3, 0.4) is 0 Å². The first kappa shape index (κ1) is 23.1. The van der Waals surface area contributed by atoms with Crippen molar-refractivity contribution in [3.63, 3.8) is 0 Å². The number of aliphatic carboxylic acids is 1. The molecule has 0 aliphatic heterocycles. The Morgan fingerprint density at radius 1 is 1.12 bits per heavy atom. The zero-order valence-corrected chi connectivity index (χ0v) is 18.8. The van der Waals surface area contributed by atoms with Gasteiger partial charge in [0.1, 0.15) is 5.75 Å². The van der Waals surface area contributed by atoms with Crippen molar-refractivity contribution in [2.75, 3.05) is 7.11 Å². The third kappa shape index (κ3) is 3.99. The van der Waals surface area contributed by atoms with E-state index < -0.39 is 17.5 Å². The third-order valence-electron chi connectivity index (χ3n) is 5.20. The predicted octanol–water partition coefficient (Wildman–Crippen LogP) is 4.72. The summed E-state index contributed by atoms with van der Waals surface area (Å²) >= 11 is 5.94. The van der Waals surface area contributed by atoms with Crippen molar-refractivity contribution in [3.8, 4) is 5.75 Å². The maximum Gasteiger partial charge on any atom is 0.352 e. The van der Waals surface area contributed by atoms with E-state index in [1.54, 1.807) is 56.3 Å². The molecule has 0 bridgehead atoms. The third-order valence-corrected chi connectivity index (χ3v) is 5.45. The molecular weight excluding hydrogens is 434 g/mol. The minimum Gasteiger partial charge on any atom is -0.497 e. The lowest BCUT2D eigenvalue weighted by Crippen LogP contribution is -2.38. The topological polar surface area (TPSA) is 94.8 Å². The van der Waals surface area contributed by atoms with Gasteiger partial charge in [-0.15, -0.1) is 0 Å². The maximum atomic E-state index is 13.4. The van der Waals surface area contributed by atoms with Crippen molar-refractivity contribution < 1.29 is 29.0 Å². The van der Waals surface area contributed by atoms with Crippen LogP contribution in [0.1, 0.15) is 35.5 Å².